The van der Waals surface area contributed by atoms with Crippen LogP contribution in [0.5, 0.6) is 0 Å². The maximum Gasteiger partial charge on any atom is 0.216 e. The molecule has 0 radical (unpaired) electrons. The summed E-state index contributed by atoms with van der Waals surface area (Å²) in [5, 5.41) is 9.69. The van der Waals surface area contributed by atoms with Crippen molar-refractivity contribution < 1.29 is 8.42 Å². The second-order valence-corrected chi connectivity index (χ2v) is 5.82. The number of primary sulfonamides is 1. The fraction of sp³-hybridized carbons (Fsp3) is 0.364. The molecule has 0 fully saturated rings. The topological polar surface area (TPSA) is 78.0 Å². The van der Waals surface area contributed by atoms with E-state index in [0.717, 1.165) is 10.9 Å². The first-order valence-corrected chi connectivity index (χ1v) is 6.97. The highest BCUT2D eigenvalue weighted by Crippen LogP contribution is 2.26. The number of sulfonamides is 1. The molecule has 17 heavy (non-hydrogen) atoms. The largest absolute Gasteiger partial charge is 0.268 e. The second-order valence-electron chi connectivity index (χ2n) is 4.07. The third kappa shape index (κ3) is 2.18. The van der Waals surface area contributed by atoms with E-state index in [0.29, 0.717) is 12.0 Å². The molecule has 5 nitrogen and oxygen atoms in total. The van der Waals surface area contributed by atoms with E-state index < -0.39 is 15.3 Å². The molecule has 1 heterocycles. The van der Waals surface area contributed by atoms with Crippen molar-refractivity contribution in [2.24, 2.45) is 12.2 Å². The van der Waals surface area contributed by atoms with Crippen LogP contribution in [0, 0.1) is 0 Å². The molecule has 1 atom stereocenters. The van der Waals surface area contributed by atoms with Gasteiger partial charge in [-0.3, -0.25) is 4.68 Å². The Balaban J connectivity index is 2.59. The summed E-state index contributed by atoms with van der Waals surface area (Å²) < 4.78 is 24.7. The third-order valence-electron chi connectivity index (χ3n) is 2.91. The van der Waals surface area contributed by atoms with Crippen LogP contribution >= 0.6 is 0 Å². The molecule has 92 valence electrons. The first-order chi connectivity index (χ1) is 7.93. The highest BCUT2D eigenvalue weighted by Gasteiger charge is 2.21. The highest BCUT2D eigenvalue weighted by molar-refractivity contribution is 7.89. The maximum atomic E-state index is 11.5. The number of aryl methyl sites for hydroxylation is 1. The molecule has 0 aliphatic heterocycles. The lowest BCUT2D eigenvalue weighted by molar-refractivity contribution is 0.581. The summed E-state index contributed by atoms with van der Waals surface area (Å²) in [4.78, 5) is 0. The molecule has 0 spiro atoms. The predicted octanol–water partition coefficient (Wildman–Crippen LogP) is 1.31. The molecular weight excluding hydrogens is 238 g/mol. The quantitative estimate of drug-likeness (QED) is 0.895. The van der Waals surface area contributed by atoms with Crippen LogP contribution in [0.4, 0.5) is 0 Å². The SMILES string of the molecule is CCC(c1ccc2cnn(C)c2c1)S(N)(=O)=O. The van der Waals surface area contributed by atoms with Crippen LogP contribution in [0.2, 0.25) is 0 Å². The van der Waals surface area contributed by atoms with Gasteiger partial charge in [0, 0.05) is 12.4 Å². The van der Waals surface area contributed by atoms with Crippen molar-refractivity contribution in [1.29, 1.82) is 0 Å². The van der Waals surface area contributed by atoms with E-state index in [1.54, 1.807) is 16.9 Å². The summed E-state index contributed by atoms with van der Waals surface area (Å²) >= 11 is 0. The van der Waals surface area contributed by atoms with Gasteiger partial charge in [-0.1, -0.05) is 19.1 Å². The third-order valence-corrected chi connectivity index (χ3v) is 4.31. The van der Waals surface area contributed by atoms with Crippen LogP contribution in [0.3, 0.4) is 0 Å². The van der Waals surface area contributed by atoms with Crippen LogP contribution in [-0.2, 0) is 17.1 Å². The summed E-state index contributed by atoms with van der Waals surface area (Å²) in [5.41, 5.74) is 1.62. The van der Waals surface area contributed by atoms with Gasteiger partial charge in [0.1, 0.15) is 0 Å². The Bertz CT molecular complexity index is 646. The summed E-state index contributed by atoms with van der Waals surface area (Å²) in [5.74, 6) is 0. The Morgan fingerprint density at radius 3 is 2.76 bits per heavy atom. The van der Waals surface area contributed by atoms with Gasteiger partial charge in [-0.2, -0.15) is 5.10 Å². The standard InChI is InChI=1S/C11H15N3O2S/c1-3-11(17(12,15)16)8-4-5-9-7-13-14(2)10(9)6-8/h4-7,11H,3H2,1-2H3,(H2,12,15,16). The van der Waals surface area contributed by atoms with E-state index in [9.17, 15) is 8.42 Å². The minimum Gasteiger partial charge on any atom is -0.268 e. The van der Waals surface area contributed by atoms with E-state index in [2.05, 4.69) is 5.10 Å². The number of rotatable bonds is 3. The van der Waals surface area contributed by atoms with Crippen molar-refractivity contribution >= 4 is 20.9 Å². The first-order valence-electron chi connectivity index (χ1n) is 5.36. The summed E-state index contributed by atoms with van der Waals surface area (Å²) in [6.45, 7) is 1.81. The normalized spacial score (nSPS) is 14.1. The van der Waals surface area contributed by atoms with Gasteiger partial charge in [0.2, 0.25) is 10.0 Å². The molecular formula is C11H15N3O2S. The van der Waals surface area contributed by atoms with Gasteiger partial charge in [0.05, 0.1) is 17.0 Å². The molecule has 1 unspecified atom stereocenters. The smallest absolute Gasteiger partial charge is 0.216 e. The van der Waals surface area contributed by atoms with Gasteiger partial charge in [-0.25, -0.2) is 13.6 Å². The van der Waals surface area contributed by atoms with Gasteiger partial charge in [-0.15, -0.1) is 0 Å². The molecule has 0 bridgehead atoms. The van der Waals surface area contributed by atoms with E-state index in [1.165, 1.54) is 0 Å². The van der Waals surface area contributed by atoms with Gasteiger partial charge in [0.15, 0.2) is 0 Å². The molecule has 6 heteroatoms. The van der Waals surface area contributed by atoms with Gasteiger partial charge in [-0.05, 0) is 18.1 Å². The Kier molecular flexibility index (Phi) is 2.92. The van der Waals surface area contributed by atoms with Gasteiger partial charge >= 0.3 is 0 Å². The number of benzene rings is 1. The summed E-state index contributed by atoms with van der Waals surface area (Å²) in [6.07, 6.45) is 2.21. The Morgan fingerprint density at radius 1 is 1.47 bits per heavy atom. The number of hydrogen-bond acceptors (Lipinski definition) is 3. The molecule has 2 N–H and O–H groups in total. The van der Waals surface area contributed by atoms with Crippen molar-refractivity contribution in [3.8, 4) is 0 Å². The van der Waals surface area contributed by atoms with Crippen LogP contribution in [0.15, 0.2) is 24.4 Å². The molecule has 1 aromatic heterocycles. The summed E-state index contributed by atoms with van der Waals surface area (Å²) in [6, 6.07) is 5.50. The number of hydrogen-bond donors (Lipinski definition) is 1. The molecule has 0 saturated carbocycles. The number of nitrogens with two attached hydrogens (primary N) is 1. The zero-order chi connectivity index (χ0) is 12.6. The average Bonchev–Trinajstić information content (AvgIpc) is 2.60. The molecule has 2 aromatic rings. The van der Waals surface area contributed by atoms with Crippen molar-refractivity contribution in [3.05, 3.63) is 30.0 Å². The lowest BCUT2D eigenvalue weighted by atomic mass is 10.1. The van der Waals surface area contributed by atoms with E-state index >= 15 is 0 Å². The lowest BCUT2D eigenvalue weighted by Crippen LogP contribution is -2.21. The minimum atomic E-state index is -3.56. The highest BCUT2D eigenvalue weighted by atomic mass is 32.2. The fourth-order valence-corrected chi connectivity index (χ4v) is 3.01. The first kappa shape index (κ1) is 12.1. The fourth-order valence-electron chi connectivity index (χ4n) is 2.02. The average molecular weight is 253 g/mol. The van der Waals surface area contributed by atoms with E-state index in [4.69, 9.17) is 5.14 Å². The van der Waals surface area contributed by atoms with Crippen molar-refractivity contribution in [1.82, 2.24) is 9.78 Å². The lowest BCUT2D eigenvalue weighted by Gasteiger charge is -2.12. The molecule has 0 aliphatic carbocycles. The van der Waals surface area contributed by atoms with Crippen LogP contribution in [0.25, 0.3) is 10.9 Å². The Morgan fingerprint density at radius 2 is 2.18 bits per heavy atom. The number of aromatic nitrogens is 2. The zero-order valence-electron chi connectivity index (χ0n) is 9.79. The molecule has 1 aromatic carbocycles. The molecule has 0 saturated heterocycles. The minimum absolute atomic E-state index is 0.461. The van der Waals surface area contributed by atoms with E-state index in [-0.39, 0.29) is 0 Å². The molecule has 0 amide bonds. The van der Waals surface area contributed by atoms with Gasteiger partial charge < -0.3 is 0 Å². The van der Waals surface area contributed by atoms with Crippen molar-refractivity contribution in [2.45, 2.75) is 18.6 Å². The monoisotopic (exact) mass is 253 g/mol. The second kappa shape index (κ2) is 4.12. The van der Waals surface area contributed by atoms with Crippen LogP contribution < -0.4 is 5.14 Å². The number of fused-ring (bicyclic) bond motifs is 1. The van der Waals surface area contributed by atoms with Gasteiger partial charge in [0.25, 0.3) is 0 Å². The van der Waals surface area contributed by atoms with E-state index in [1.807, 2.05) is 26.1 Å². The molecule has 0 aliphatic rings. The van der Waals surface area contributed by atoms with Crippen LogP contribution in [0.1, 0.15) is 24.2 Å². The zero-order valence-corrected chi connectivity index (χ0v) is 10.6. The Labute approximate surface area is 100 Å². The number of nitrogens with zero attached hydrogens (tertiary/aromatic N) is 2. The summed E-state index contributed by atoms with van der Waals surface area (Å²) in [7, 11) is -1.74. The van der Waals surface area contributed by atoms with Crippen LogP contribution in [-0.4, -0.2) is 18.2 Å². The Hall–Kier alpha value is -1.40. The predicted molar refractivity (Wildman–Crippen MR) is 66.9 cm³/mol. The van der Waals surface area contributed by atoms with Crippen molar-refractivity contribution in [2.75, 3.05) is 0 Å². The maximum absolute atomic E-state index is 11.5. The van der Waals surface area contributed by atoms with Crippen molar-refractivity contribution in [3.63, 3.8) is 0 Å². The molecule has 2 rings (SSSR count).